The summed E-state index contributed by atoms with van der Waals surface area (Å²) in [4.78, 5) is 23.3. The van der Waals surface area contributed by atoms with Gasteiger partial charge >= 0.3 is 0 Å². The third-order valence-corrected chi connectivity index (χ3v) is 2.43. The van der Waals surface area contributed by atoms with Crippen molar-refractivity contribution in [3.8, 4) is 0 Å². The molecule has 0 spiro atoms. The quantitative estimate of drug-likeness (QED) is 0.809. The maximum absolute atomic E-state index is 11.7. The predicted octanol–water partition coefficient (Wildman–Crippen LogP) is 0.145. The molecule has 0 aliphatic heterocycles. The molecular weight excluding hydrogens is 242 g/mol. The number of nitrogens with one attached hydrogen (secondary N) is 2. The van der Waals surface area contributed by atoms with E-state index in [9.17, 15) is 9.59 Å². The monoisotopic (exact) mass is 259 g/mol. The maximum atomic E-state index is 11.7. The van der Waals surface area contributed by atoms with Gasteiger partial charge in [-0.3, -0.25) is 9.59 Å². The van der Waals surface area contributed by atoms with Gasteiger partial charge in [-0.15, -0.1) is 12.4 Å². The standard InChI is InChI=1S/C11H17N3O2.ClH/c1-8(12-2)7-13-10(15)9-5-4-6-14(3)11(9)16;/h4-6,8,12H,7H2,1-3H3,(H,13,15);1H. The van der Waals surface area contributed by atoms with Gasteiger partial charge in [0.15, 0.2) is 0 Å². The Morgan fingerprint density at radius 2 is 2.18 bits per heavy atom. The van der Waals surface area contributed by atoms with E-state index in [1.54, 1.807) is 19.3 Å². The number of hydrogen-bond donors (Lipinski definition) is 2. The number of carbonyl (C=O) groups excluding carboxylic acids is 1. The zero-order valence-corrected chi connectivity index (χ0v) is 11.0. The molecule has 0 aromatic carbocycles. The first-order valence-electron chi connectivity index (χ1n) is 5.17. The molecule has 1 rings (SSSR count). The third kappa shape index (κ3) is 4.20. The fraction of sp³-hybridized carbons (Fsp3) is 0.455. The number of nitrogens with zero attached hydrogens (tertiary/aromatic N) is 1. The van der Waals surface area contributed by atoms with Gasteiger partial charge in [-0.05, 0) is 26.1 Å². The maximum Gasteiger partial charge on any atom is 0.263 e. The van der Waals surface area contributed by atoms with Crippen molar-refractivity contribution >= 4 is 18.3 Å². The Labute approximate surface area is 107 Å². The molecule has 6 heteroatoms. The van der Waals surface area contributed by atoms with E-state index in [2.05, 4.69) is 10.6 Å². The zero-order valence-electron chi connectivity index (χ0n) is 10.2. The van der Waals surface area contributed by atoms with E-state index in [1.807, 2.05) is 14.0 Å². The van der Waals surface area contributed by atoms with Crippen LogP contribution in [0.15, 0.2) is 23.1 Å². The van der Waals surface area contributed by atoms with Crippen LogP contribution in [0.3, 0.4) is 0 Å². The van der Waals surface area contributed by atoms with Crippen LogP contribution < -0.4 is 16.2 Å². The van der Waals surface area contributed by atoms with Gasteiger partial charge in [0.2, 0.25) is 0 Å². The van der Waals surface area contributed by atoms with Gasteiger partial charge in [-0.2, -0.15) is 0 Å². The molecule has 5 nitrogen and oxygen atoms in total. The van der Waals surface area contributed by atoms with Gasteiger partial charge in [-0.25, -0.2) is 0 Å². The largest absolute Gasteiger partial charge is 0.350 e. The van der Waals surface area contributed by atoms with Gasteiger partial charge in [0.05, 0.1) is 0 Å². The highest BCUT2D eigenvalue weighted by Gasteiger charge is 2.11. The van der Waals surface area contributed by atoms with E-state index in [-0.39, 0.29) is 35.5 Å². The summed E-state index contributed by atoms with van der Waals surface area (Å²) in [7, 11) is 3.44. The van der Waals surface area contributed by atoms with Crippen LogP contribution in [-0.4, -0.2) is 30.1 Å². The fourth-order valence-corrected chi connectivity index (χ4v) is 1.21. The van der Waals surface area contributed by atoms with Crippen molar-refractivity contribution in [3.05, 3.63) is 34.2 Å². The van der Waals surface area contributed by atoms with Gasteiger partial charge in [0.25, 0.3) is 11.5 Å². The van der Waals surface area contributed by atoms with Gasteiger partial charge in [0, 0.05) is 25.8 Å². The minimum Gasteiger partial charge on any atom is -0.350 e. The summed E-state index contributed by atoms with van der Waals surface area (Å²) in [5.74, 6) is -0.330. The number of aromatic nitrogens is 1. The molecule has 1 aromatic rings. The average Bonchev–Trinajstić information content (AvgIpc) is 2.29. The minimum absolute atomic E-state index is 0. The van der Waals surface area contributed by atoms with Crippen LogP contribution in [0.1, 0.15) is 17.3 Å². The molecule has 0 radical (unpaired) electrons. The molecule has 96 valence electrons. The Balaban J connectivity index is 0.00000256. The van der Waals surface area contributed by atoms with Crippen LogP contribution in [0.25, 0.3) is 0 Å². The first kappa shape index (κ1) is 15.7. The zero-order chi connectivity index (χ0) is 12.1. The van der Waals surface area contributed by atoms with Gasteiger partial charge in [-0.1, -0.05) is 0 Å². The molecule has 1 unspecified atom stereocenters. The molecule has 1 amide bonds. The van der Waals surface area contributed by atoms with Crippen molar-refractivity contribution in [1.29, 1.82) is 0 Å². The second-order valence-corrected chi connectivity index (χ2v) is 3.74. The van der Waals surface area contributed by atoms with Crippen molar-refractivity contribution in [2.45, 2.75) is 13.0 Å². The van der Waals surface area contributed by atoms with E-state index in [1.165, 1.54) is 10.6 Å². The highest BCUT2D eigenvalue weighted by atomic mass is 35.5. The minimum atomic E-state index is -0.330. The van der Waals surface area contributed by atoms with E-state index in [0.717, 1.165) is 0 Å². The summed E-state index contributed by atoms with van der Waals surface area (Å²) in [6.07, 6.45) is 1.62. The molecule has 1 heterocycles. The van der Waals surface area contributed by atoms with Gasteiger partial charge < -0.3 is 15.2 Å². The SMILES string of the molecule is CNC(C)CNC(=O)c1cccn(C)c1=O.Cl. The Morgan fingerprint density at radius 1 is 1.53 bits per heavy atom. The number of aryl methyl sites for hydroxylation is 1. The van der Waals surface area contributed by atoms with E-state index >= 15 is 0 Å². The number of rotatable bonds is 4. The summed E-state index contributed by atoms with van der Waals surface area (Å²) >= 11 is 0. The summed E-state index contributed by atoms with van der Waals surface area (Å²) in [6.45, 7) is 2.44. The van der Waals surface area contributed by atoms with Crippen LogP contribution in [0.2, 0.25) is 0 Å². The molecular formula is C11H18ClN3O2. The number of amides is 1. The highest BCUT2D eigenvalue weighted by molar-refractivity contribution is 5.93. The number of pyridine rings is 1. The Kier molecular flexibility index (Phi) is 6.53. The molecule has 2 N–H and O–H groups in total. The first-order chi connectivity index (χ1) is 7.56. The molecule has 0 aliphatic carbocycles. The molecule has 0 fully saturated rings. The number of hydrogen-bond acceptors (Lipinski definition) is 3. The molecule has 1 aromatic heterocycles. The summed E-state index contributed by atoms with van der Waals surface area (Å²) in [5, 5.41) is 5.70. The third-order valence-electron chi connectivity index (χ3n) is 2.43. The Bertz CT molecular complexity index is 431. The molecule has 1 atom stereocenters. The summed E-state index contributed by atoms with van der Waals surface area (Å²) in [6, 6.07) is 3.39. The Morgan fingerprint density at radius 3 is 2.76 bits per heavy atom. The lowest BCUT2D eigenvalue weighted by atomic mass is 10.2. The normalized spacial score (nSPS) is 11.5. The molecule has 0 bridgehead atoms. The van der Waals surface area contributed by atoms with Crippen molar-refractivity contribution in [2.75, 3.05) is 13.6 Å². The molecule has 17 heavy (non-hydrogen) atoms. The topological polar surface area (TPSA) is 63.1 Å². The van der Waals surface area contributed by atoms with Crippen molar-refractivity contribution in [1.82, 2.24) is 15.2 Å². The lowest BCUT2D eigenvalue weighted by Crippen LogP contribution is -2.39. The number of carbonyl (C=O) groups is 1. The van der Waals surface area contributed by atoms with Crippen molar-refractivity contribution in [3.63, 3.8) is 0 Å². The number of halogens is 1. The second-order valence-electron chi connectivity index (χ2n) is 3.74. The first-order valence-corrected chi connectivity index (χ1v) is 5.17. The summed E-state index contributed by atoms with van der Waals surface area (Å²) < 4.78 is 1.39. The predicted molar refractivity (Wildman–Crippen MR) is 69.8 cm³/mol. The van der Waals surface area contributed by atoms with Crippen LogP contribution in [0.4, 0.5) is 0 Å². The number of likely N-dealkylation sites (N-methyl/N-ethyl adjacent to an activating group) is 1. The fourth-order valence-electron chi connectivity index (χ4n) is 1.21. The second kappa shape index (κ2) is 7.09. The highest BCUT2D eigenvalue weighted by Crippen LogP contribution is 1.91. The van der Waals surface area contributed by atoms with Crippen LogP contribution in [-0.2, 0) is 7.05 Å². The van der Waals surface area contributed by atoms with Crippen LogP contribution >= 0.6 is 12.4 Å². The van der Waals surface area contributed by atoms with Crippen LogP contribution in [0, 0.1) is 0 Å². The lowest BCUT2D eigenvalue weighted by Gasteiger charge is -2.11. The smallest absolute Gasteiger partial charge is 0.263 e. The van der Waals surface area contributed by atoms with Crippen molar-refractivity contribution < 1.29 is 4.79 Å². The van der Waals surface area contributed by atoms with Gasteiger partial charge in [0.1, 0.15) is 5.56 Å². The van der Waals surface area contributed by atoms with E-state index in [0.29, 0.717) is 6.54 Å². The van der Waals surface area contributed by atoms with E-state index in [4.69, 9.17) is 0 Å². The molecule has 0 aliphatic rings. The molecule has 0 saturated heterocycles. The molecule has 0 saturated carbocycles. The average molecular weight is 260 g/mol. The van der Waals surface area contributed by atoms with Crippen molar-refractivity contribution in [2.24, 2.45) is 7.05 Å². The lowest BCUT2D eigenvalue weighted by molar-refractivity contribution is 0.0948. The summed E-state index contributed by atoms with van der Waals surface area (Å²) in [5.41, 5.74) is -0.106. The van der Waals surface area contributed by atoms with Crippen LogP contribution in [0.5, 0.6) is 0 Å². The van der Waals surface area contributed by atoms with E-state index < -0.39 is 0 Å². The Hall–Kier alpha value is -1.33.